The van der Waals surface area contributed by atoms with Crippen LogP contribution in [0.3, 0.4) is 0 Å². The summed E-state index contributed by atoms with van der Waals surface area (Å²) in [5, 5.41) is 45.7. The molecule has 0 radical (unpaired) electrons. The monoisotopic (exact) mass is 386 g/mol. The summed E-state index contributed by atoms with van der Waals surface area (Å²) in [6.07, 6.45) is 3.26. The quantitative estimate of drug-likeness (QED) is 0.556. The Kier molecular flexibility index (Phi) is 2.88. The molecule has 5 atom stereocenters. The molecule has 2 saturated carbocycles. The number of carbonyl (C=O) groups excluding carboxylic acids is 1. The topological polar surface area (TPSA) is 98.0 Å². The van der Waals surface area contributed by atoms with E-state index in [1.807, 2.05) is 13.1 Å². The van der Waals surface area contributed by atoms with Crippen LogP contribution in [0.4, 0.5) is 0 Å². The number of benzene rings is 1. The Morgan fingerprint density at radius 3 is 2.61 bits per heavy atom. The molecule has 3 fully saturated rings. The van der Waals surface area contributed by atoms with Crippen LogP contribution in [0.1, 0.15) is 48.8 Å². The molecule has 150 valence electrons. The van der Waals surface area contributed by atoms with Gasteiger partial charge in [0.2, 0.25) is 5.72 Å². The number of carbonyl (C=O) groups is 1. The lowest BCUT2D eigenvalue weighted by molar-refractivity contribution is -1.00. The second kappa shape index (κ2) is 4.64. The average molecular weight is 386 g/mol. The maximum Gasteiger partial charge on any atom is 0.235 e. The van der Waals surface area contributed by atoms with E-state index in [0.717, 1.165) is 29.5 Å². The number of ketones is 1. The predicted molar refractivity (Wildman–Crippen MR) is 99.5 cm³/mol. The number of aromatic hydroxyl groups is 1. The third kappa shape index (κ3) is 1.62. The summed E-state index contributed by atoms with van der Waals surface area (Å²) >= 11 is 0. The van der Waals surface area contributed by atoms with Crippen molar-refractivity contribution in [2.75, 3.05) is 20.1 Å². The normalized spacial score (nSPS) is 47.0. The van der Waals surface area contributed by atoms with E-state index in [4.69, 9.17) is 0 Å². The second-order valence-corrected chi connectivity index (χ2v) is 10.4. The first-order valence-corrected chi connectivity index (χ1v) is 10.5. The van der Waals surface area contributed by atoms with Gasteiger partial charge in [-0.25, -0.2) is 0 Å². The van der Waals surface area contributed by atoms with Gasteiger partial charge in [-0.1, -0.05) is 6.07 Å². The maximum atomic E-state index is 13.0. The van der Waals surface area contributed by atoms with Gasteiger partial charge in [-0.3, -0.25) is 9.28 Å². The van der Waals surface area contributed by atoms with E-state index in [1.54, 1.807) is 6.07 Å². The van der Waals surface area contributed by atoms with Gasteiger partial charge < -0.3 is 20.4 Å². The van der Waals surface area contributed by atoms with Gasteiger partial charge in [0.15, 0.2) is 5.60 Å². The van der Waals surface area contributed by atoms with E-state index in [-0.39, 0.29) is 35.3 Å². The molecule has 0 aromatic heterocycles. The lowest BCUT2D eigenvalue weighted by Gasteiger charge is -2.69. The van der Waals surface area contributed by atoms with Crippen molar-refractivity contribution in [3.8, 4) is 5.75 Å². The number of Topliss-reactive ketones (excluding diaryl/α,β-unsaturated/α-hetero) is 1. The molecule has 0 amide bonds. The van der Waals surface area contributed by atoms with Crippen LogP contribution < -0.4 is 0 Å². The summed E-state index contributed by atoms with van der Waals surface area (Å²) in [6, 6.07) is 3.51. The van der Waals surface area contributed by atoms with Crippen molar-refractivity contribution in [2.45, 2.75) is 67.3 Å². The van der Waals surface area contributed by atoms with Crippen LogP contribution in [-0.2, 0) is 23.1 Å². The van der Waals surface area contributed by atoms with E-state index in [2.05, 4.69) is 0 Å². The minimum absolute atomic E-state index is 0.132. The van der Waals surface area contributed by atoms with Crippen molar-refractivity contribution in [3.63, 3.8) is 0 Å². The van der Waals surface area contributed by atoms with Crippen molar-refractivity contribution in [1.82, 2.24) is 0 Å². The third-order valence-corrected chi connectivity index (χ3v) is 9.15. The number of rotatable bonds is 2. The molecule has 4 N–H and O–H groups in total. The van der Waals surface area contributed by atoms with E-state index >= 15 is 0 Å². The van der Waals surface area contributed by atoms with Crippen LogP contribution in [-0.4, -0.2) is 67.8 Å². The summed E-state index contributed by atoms with van der Waals surface area (Å²) in [4.78, 5) is 13.0. The predicted octanol–water partition coefficient (Wildman–Crippen LogP) is 0.516. The Morgan fingerprint density at radius 2 is 1.89 bits per heavy atom. The van der Waals surface area contributed by atoms with E-state index in [9.17, 15) is 25.2 Å². The zero-order valence-corrected chi connectivity index (χ0v) is 16.2. The Morgan fingerprint density at radius 1 is 1.14 bits per heavy atom. The molecule has 28 heavy (non-hydrogen) atoms. The zero-order valence-electron chi connectivity index (χ0n) is 16.2. The number of hydrogen-bond donors (Lipinski definition) is 4. The number of nitrogens with zero attached hydrogens (tertiary/aromatic N) is 1. The smallest absolute Gasteiger partial charge is 0.235 e. The number of phenolic OH excluding ortho intramolecular Hbond substituents is 1. The molecule has 2 bridgehead atoms. The molecule has 1 heterocycles. The fourth-order valence-electron chi connectivity index (χ4n) is 7.62. The highest BCUT2D eigenvalue weighted by Crippen LogP contribution is 2.68. The molecule has 1 saturated heterocycles. The fourth-order valence-corrected chi connectivity index (χ4v) is 7.62. The Bertz CT molecular complexity index is 941. The molecule has 6 rings (SSSR count). The van der Waals surface area contributed by atoms with E-state index < -0.39 is 28.3 Å². The summed E-state index contributed by atoms with van der Waals surface area (Å²) < 4.78 is 0.207. The van der Waals surface area contributed by atoms with Gasteiger partial charge in [0.1, 0.15) is 23.7 Å². The van der Waals surface area contributed by atoms with Gasteiger partial charge in [0.05, 0.1) is 20.0 Å². The first kappa shape index (κ1) is 17.4. The van der Waals surface area contributed by atoms with Crippen molar-refractivity contribution in [1.29, 1.82) is 0 Å². The standard InChI is InChI=1S/C22H27NO5/c1-23(12-19(26)6-7-19)9-8-20-15-10-14-16(24)3-2-13(18(14)20)11-22(23,28)21(20,27)5-4-17(15)25/h2-3,15,26-28H,4-12H2,1H3/p+1/t15-,20+,21-,22-,23+/m0/s1. The number of likely N-dealkylation sites (N-methyl/N-ethyl adjacent to an activating group) is 1. The molecule has 1 aromatic carbocycles. The summed E-state index contributed by atoms with van der Waals surface area (Å²) in [5.41, 5.74) is -1.85. The van der Waals surface area contributed by atoms with Gasteiger partial charge in [-0.2, -0.15) is 0 Å². The summed E-state index contributed by atoms with van der Waals surface area (Å²) in [5.74, 6) is -0.0662. The third-order valence-electron chi connectivity index (χ3n) is 9.15. The summed E-state index contributed by atoms with van der Waals surface area (Å²) in [6.45, 7) is 1.01. The Hall–Kier alpha value is -1.47. The summed E-state index contributed by atoms with van der Waals surface area (Å²) in [7, 11) is 1.95. The number of phenols is 1. The molecule has 1 aromatic rings. The highest BCUT2D eigenvalue weighted by molar-refractivity contribution is 5.87. The van der Waals surface area contributed by atoms with Gasteiger partial charge in [0, 0.05) is 24.2 Å². The maximum absolute atomic E-state index is 13.0. The number of piperidine rings is 1. The molecular weight excluding hydrogens is 358 g/mol. The van der Waals surface area contributed by atoms with Crippen molar-refractivity contribution < 1.29 is 29.7 Å². The number of likely N-dealkylation sites (tertiary alicyclic amines) is 1. The van der Waals surface area contributed by atoms with Gasteiger partial charge in [-0.15, -0.1) is 0 Å². The molecule has 0 unspecified atom stereocenters. The lowest BCUT2D eigenvalue weighted by Crippen LogP contribution is -2.86. The minimum Gasteiger partial charge on any atom is -0.508 e. The molecule has 5 aliphatic rings. The van der Waals surface area contributed by atoms with Crippen LogP contribution in [0.25, 0.3) is 0 Å². The Balaban J connectivity index is 1.63. The SMILES string of the molecule is C[N@+]1(CC2(O)CC2)CC[C@]23c4c5ccc(O)c4C[C@H]2C(=O)CC[C@@]3(O)[C@@]1(O)C5. The minimum atomic E-state index is -1.46. The van der Waals surface area contributed by atoms with Gasteiger partial charge >= 0.3 is 0 Å². The highest BCUT2D eigenvalue weighted by Gasteiger charge is 2.81. The largest absolute Gasteiger partial charge is 0.508 e. The molecule has 4 aliphatic carbocycles. The highest BCUT2D eigenvalue weighted by atomic mass is 16.4. The van der Waals surface area contributed by atoms with E-state index in [1.165, 1.54) is 0 Å². The fraction of sp³-hybridized carbons (Fsp3) is 0.682. The number of hydrogen-bond acceptors (Lipinski definition) is 5. The number of quaternary nitrogens is 1. The number of aliphatic hydroxyl groups is 3. The van der Waals surface area contributed by atoms with Crippen molar-refractivity contribution in [3.05, 3.63) is 28.8 Å². The molecule has 6 heteroatoms. The first-order valence-electron chi connectivity index (χ1n) is 10.5. The Labute approximate surface area is 164 Å². The zero-order chi connectivity index (χ0) is 19.7. The van der Waals surface area contributed by atoms with Crippen molar-refractivity contribution in [2.24, 2.45) is 5.92 Å². The second-order valence-electron chi connectivity index (χ2n) is 10.4. The van der Waals surface area contributed by atoms with Crippen molar-refractivity contribution >= 4 is 5.78 Å². The van der Waals surface area contributed by atoms with Gasteiger partial charge in [0.25, 0.3) is 0 Å². The van der Waals surface area contributed by atoms with Gasteiger partial charge in [-0.05, 0) is 48.4 Å². The molecule has 1 spiro atoms. The molecule has 1 aliphatic heterocycles. The molecule has 6 nitrogen and oxygen atoms in total. The van der Waals surface area contributed by atoms with Crippen LogP contribution in [0, 0.1) is 5.92 Å². The lowest BCUT2D eigenvalue weighted by atomic mass is 9.46. The van der Waals surface area contributed by atoms with Crippen LogP contribution in [0.2, 0.25) is 0 Å². The van der Waals surface area contributed by atoms with Crippen LogP contribution in [0.15, 0.2) is 12.1 Å². The first-order chi connectivity index (χ1) is 13.1. The van der Waals surface area contributed by atoms with Crippen LogP contribution >= 0.6 is 0 Å². The average Bonchev–Trinajstić information content (AvgIpc) is 3.23. The van der Waals surface area contributed by atoms with Crippen LogP contribution in [0.5, 0.6) is 5.75 Å². The molecular formula is C22H28NO5+. The van der Waals surface area contributed by atoms with E-state index in [0.29, 0.717) is 25.9 Å².